The molecule has 1 aromatic rings. The molecule has 3 rings (SSSR count). The van der Waals surface area contributed by atoms with Crippen LogP contribution < -0.4 is 15.4 Å². The molecule has 0 aliphatic carbocycles. The number of hydrogen-bond donors (Lipinski definition) is 2. The average molecular weight is 246 g/mol. The lowest BCUT2D eigenvalue weighted by molar-refractivity contribution is 0.357. The highest BCUT2D eigenvalue weighted by atomic mass is 16.5. The van der Waals surface area contributed by atoms with Crippen LogP contribution in [-0.4, -0.2) is 24.7 Å². The third-order valence-corrected chi connectivity index (χ3v) is 3.93. The standard InChI is InChI=1S/C15H22N2O/c1-15(2)8-13(10-17-15)16-9-11-3-4-14-12(7-11)5-6-18-14/h3-4,7,13,16-17H,5-6,8-10H2,1-2H3. The molecular formula is C15H22N2O. The summed E-state index contributed by atoms with van der Waals surface area (Å²) < 4.78 is 5.53. The summed E-state index contributed by atoms with van der Waals surface area (Å²) in [5, 5.41) is 7.18. The highest BCUT2D eigenvalue weighted by Gasteiger charge is 2.29. The molecule has 2 aliphatic rings. The van der Waals surface area contributed by atoms with E-state index in [9.17, 15) is 0 Å². The first-order valence-electron chi connectivity index (χ1n) is 6.85. The van der Waals surface area contributed by atoms with Gasteiger partial charge in [-0.15, -0.1) is 0 Å². The Kier molecular flexibility index (Phi) is 3.04. The molecule has 0 radical (unpaired) electrons. The van der Waals surface area contributed by atoms with Gasteiger partial charge in [0.05, 0.1) is 6.61 Å². The van der Waals surface area contributed by atoms with E-state index in [0.717, 1.165) is 31.9 Å². The molecular weight excluding hydrogens is 224 g/mol. The second-order valence-electron chi connectivity index (χ2n) is 6.09. The normalized spacial score (nSPS) is 24.9. The fraction of sp³-hybridized carbons (Fsp3) is 0.600. The van der Waals surface area contributed by atoms with Crippen molar-refractivity contribution in [2.75, 3.05) is 13.2 Å². The minimum Gasteiger partial charge on any atom is -0.493 e. The van der Waals surface area contributed by atoms with Crippen molar-refractivity contribution in [2.45, 2.75) is 44.8 Å². The molecule has 2 aliphatic heterocycles. The molecule has 3 heteroatoms. The first-order chi connectivity index (χ1) is 8.62. The third kappa shape index (κ3) is 2.52. The molecule has 0 amide bonds. The van der Waals surface area contributed by atoms with E-state index in [4.69, 9.17) is 4.74 Å². The van der Waals surface area contributed by atoms with E-state index in [1.807, 2.05) is 0 Å². The monoisotopic (exact) mass is 246 g/mol. The zero-order valence-corrected chi connectivity index (χ0v) is 11.3. The molecule has 3 nitrogen and oxygen atoms in total. The van der Waals surface area contributed by atoms with Gasteiger partial charge in [-0.2, -0.15) is 0 Å². The fourth-order valence-electron chi connectivity index (χ4n) is 2.92. The number of ether oxygens (including phenoxy) is 1. The summed E-state index contributed by atoms with van der Waals surface area (Å²) >= 11 is 0. The van der Waals surface area contributed by atoms with Gasteiger partial charge < -0.3 is 15.4 Å². The maximum Gasteiger partial charge on any atom is 0.122 e. The Balaban J connectivity index is 1.57. The lowest BCUT2D eigenvalue weighted by Gasteiger charge is -2.17. The van der Waals surface area contributed by atoms with Gasteiger partial charge in [-0.25, -0.2) is 0 Å². The Labute approximate surface area is 109 Å². The van der Waals surface area contributed by atoms with Crippen LogP contribution in [0.2, 0.25) is 0 Å². The molecule has 1 fully saturated rings. The predicted molar refractivity (Wildman–Crippen MR) is 73.0 cm³/mol. The first-order valence-corrected chi connectivity index (χ1v) is 6.85. The maximum absolute atomic E-state index is 5.53. The van der Waals surface area contributed by atoms with Crippen molar-refractivity contribution in [3.8, 4) is 5.75 Å². The predicted octanol–water partition coefficient (Wildman–Crippen LogP) is 1.85. The smallest absolute Gasteiger partial charge is 0.122 e. The molecule has 98 valence electrons. The summed E-state index contributed by atoms with van der Waals surface area (Å²) in [5.74, 6) is 1.07. The topological polar surface area (TPSA) is 33.3 Å². The van der Waals surface area contributed by atoms with Gasteiger partial charge in [0, 0.05) is 31.1 Å². The Morgan fingerprint density at radius 1 is 1.44 bits per heavy atom. The summed E-state index contributed by atoms with van der Waals surface area (Å²) in [4.78, 5) is 0. The number of fused-ring (bicyclic) bond motifs is 1. The summed E-state index contributed by atoms with van der Waals surface area (Å²) in [6.45, 7) is 7.40. The van der Waals surface area contributed by atoms with E-state index in [1.165, 1.54) is 17.5 Å². The summed E-state index contributed by atoms with van der Waals surface area (Å²) in [7, 11) is 0. The van der Waals surface area contributed by atoms with Gasteiger partial charge in [0.1, 0.15) is 5.75 Å². The zero-order valence-electron chi connectivity index (χ0n) is 11.3. The van der Waals surface area contributed by atoms with Crippen LogP contribution in [0, 0.1) is 0 Å². The maximum atomic E-state index is 5.53. The van der Waals surface area contributed by atoms with E-state index >= 15 is 0 Å². The second-order valence-corrected chi connectivity index (χ2v) is 6.09. The van der Waals surface area contributed by atoms with Crippen LogP contribution in [0.15, 0.2) is 18.2 Å². The highest BCUT2D eigenvalue weighted by Crippen LogP contribution is 2.26. The van der Waals surface area contributed by atoms with E-state index in [2.05, 4.69) is 42.7 Å². The van der Waals surface area contributed by atoms with Gasteiger partial charge in [0.2, 0.25) is 0 Å². The van der Waals surface area contributed by atoms with Crippen molar-refractivity contribution >= 4 is 0 Å². The van der Waals surface area contributed by atoms with Gasteiger partial charge in [0.15, 0.2) is 0 Å². The number of benzene rings is 1. The van der Waals surface area contributed by atoms with Crippen molar-refractivity contribution in [3.05, 3.63) is 29.3 Å². The lowest BCUT2D eigenvalue weighted by atomic mass is 10.0. The van der Waals surface area contributed by atoms with E-state index in [1.54, 1.807) is 0 Å². The summed E-state index contributed by atoms with van der Waals surface area (Å²) in [5.41, 5.74) is 3.01. The van der Waals surface area contributed by atoms with Crippen LogP contribution in [0.1, 0.15) is 31.4 Å². The summed E-state index contributed by atoms with van der Waals surface area (Å²) in [6, 6.07) is 7.15. The number of hydrogen-bond acceptors (Lipinski definition) is 3. The quantitative estimate of drug-likeness (QED) is 0.854. The lowest BCUT2D eigenvalue weighted by Crippen LogP contribution is -2.31. The molecule has 0 saturated carbocycles. The van der Waals surface area contributed by atoms with Crippen molar-refractivity contribution < 1.29 is 4.74 Å². The first kappa shape index (κ1) is 12.0. The van der Waals surface area contributed by atoms with Crippen molar-refractivity contribution in [3.63, 3.8) is 0 Å². The molecule has 1 saturated heterocycles. The van der Waals surface area contributed by atoms with Gasteiger partial charge in [-0.3, -0.25) is 0 Å². The number of nitrogens with one attached hydrogen (secondary N) is 2. The van der Waals surface area contributed by atoms with Crippen LogP contribution in [-0.2, 0) is 13.0 Å². The average Bonchev–Trinajstić information content (AvgIpc) is 2.92. The van der Waals surface area contributed by atoms with E-state index in [0.29, 0.717) is 6.04 Å². The van der Waals surface area contributed by atoms with E-state index in [-0.39, 0.29) is 5.54 Å². The number of rotatable bonds is 3. The molecule has 1 atom stereocenters. The second kappa shape index (κ2) is 4.56. The molecule has 2 N–H and O–H groups in total. The van der Waals surface area contributed by atoms with Gasteiger partial charge in [-0.1, -0.05) is 12.1 Å². The molecule has 0 bridgehead atoms. The van der Waals surface area contributed by atoms with Crippen LogP contribution in [0.25, 0.3) is 0 Å². The van der Waals surface area contributed by atoms with Crippen molar-refractivity contribution in [2.24, 2.45) is 0 Å². The van der Waals surface area contributed by atoms with Crippen LogP contribution in [0.4, 0.5) is 0 Å². The van der Waals surface area contributed by atoms with Crippen LogP contribution >= 0.6 is 0 Å². The van der Waals surface area contributed by atoms with Crippen molar-refractivity contribution in [1.29, 1.82) is 0 Å². The fourth-order valence-corrected chi connectivity index (χ4v) is 2.92. The summed E-state index contributed by atoms with van der Waals surface area (Å²) in [6.07, 6.45) is 2.25. The van der Waals surface area contributed by atoms with Gasteiger partial charge >= 0.3 is 0 Å². The molecule has 1 aromatic carbocycles. The minimum atomic E-state index is 0.281. The van der Waals surface area contributed by atoms with Gasteiger partial charge in [-0.05, 0) is 37.5 Å². The largest absolute Gasteiger partial charge is 0.493 e. The van der Waals surface area contributed by atoms with Crippen LogP contribution in [0.3, 0.4) is 0 Å². The molecule has 2 heterocycles. The molecule has 0 spiro atoms. The Morgan fingerprint density at radius 2 is 2.33 bits per heavy atom. The SMILES string of the molecule is CC1(C)CC(NCc2ccc3c(c2)CCO3)CN1. The van der Waals surface area contributed by atoms with Gasteiger partial charge in [0.25, 0.3) is 0 Å². The zero-order chi connectivity index (χ0) is 12.6. The Hall–Kier alpha value is -1.06. The molecule has 1 unspecified atom stereocenters. The molecule has 0 aromatic heterocycles. The highest BCUT2D eigenvalue weighted by molar-refractivity contribution is 5.39. The Bertz CT molecular complexity index is 442. The molecule has 18 heavy (non-hydrogen) atoms. The minimum absolute atomic E-state index is 0.281. The third-order valence-electron chi connectivity index (χ3n) is 3.93. The Morgan fingerprint density at radius 3 is 3.11 bits per heavy atom. The van der Waals surface area contributed by atoms with Crippen LogP contribution in [0.5, 0.6) is 5.75 Å². The van der Waals surface area contributed by atoms with E-state index < -0.39 is 0 Å². The van der Waals surface area contributed by atoms with Crippen molar-refractivity contribution in [1.82, 2.24) is 10.6 Å².